The Morgan fingerprint density at radius 1 is 0.509 bits per heavy atom. The van der Waals surface area contributed by atoms with Crippen LogP contribution in [0.3, 0.4) is 0 Å². The number of hydrogen-bond donors (Lipinski definition) is 0. The third kappa shape index (κ3) is 3.81. The van der Waals surface area contributed by atoms with Crippen molar-refractivity contribution < 1.29 is 0 Å². The SMILES string of the molecule is CC1(C)c2ccc3c(c2-c2cc4ccccc4c(-c4nc(-c5ccccc5)c5c(ccc6ccccc65)n4)c21)C1(c2ccccc2-3)C2CC3CC(C2)CC1C3. The number of nitrogens with zero attached hydrogens (tertiary/aromatic N) is 2. The maximum atomic E-state index is 5.68. The van der Waals surface area contributed by atoms with E-state index in [4.69, 9.17) is 9.97 Å². The molecule has 6 aliphatic rings. The van der Waals surface area contributed by atoms with Crippen LogP contribution in [0.25, 0.3) is 77.3 Å². The second kappa shape index (κ2) is 10.6. The zero-order chi connectivity index (χ0) is 36.2. The Hall–Kier alpha value is -5.60. The second-order valence-electron chi connectivity index (χ2n) is 18.1. The number of rotatable bonds is 2. The molecule has 264 valence electrons. The lowest BCUT2D eigenvalue weighted by Crippen LogP contribution is -2.55. The van der Waals surface area contributed by atoms with Crippen molar-refractivity contribution in [2.75, 3.05) is 0 Å². The van der Waals surface area contributed by atoms with E-state index in [9.17, 15) is 0 Å². The first-order chi connectivity index (χ1) is 27.0. The number of benzene rings is 7. The molecule has 14 rings (SSSR count). The summed E-state index contributed by atoms with van der Waals surface area (Å²) in [6.45, 7) is 4.95. The molecule has 0 atom stereocenters. The van der Waals surface area contributed by atoms with Gasteiger partial charge in [-0.3, -0.25) is 0 Å². The van der Waals surface area contributed by atoms with E-state index in [-0.39, 0.29) is 10.8 Å². The van der Waals surface area contributed by atoms with Crippen LogP contribution in [0.5, 0.6) is 0 Å². The molecule has 0 N–H and O–H groups in total. The molecule has 4 fully saturated rings. The lowest BCUT2D eigenvalue weighted by Gasteiger charge is -2.61. The maximum absolute atomic E-state index is 5.68. The van der Waals surface area contributed by atoms with Gasteiger partial charge in [-0.1, -0.05) is 135 Å². The van der Waals surface area contributed by atoms with Gasteiger partial charge in [-0.25, -0.2) is 9.97 Å². The van der Waals surface area contributed by atoms with Gasteiger partial charge in [-0.15, -0.1) is 0 Å². The average molecular weight is 707 g/mol. The molecule has 1 spiro atoms. The average Bonchev–Trinajstić information content (AvgIpc) is 3.64. The quantitative estimate of drug-likeness (QED) is 0.167. The molecule has 4 saturated carbocycles. The normalized spacial score (nSPS) is 24.8. The van der Waals surface area contributed by atoms with E-state index in [0.717, 1.165) is 39.8 Å². The molecule has 2 nitrogen and oxygen atoms in total. The Bertz CT molecular complexity index is 2940. The Morgan fingerprint density at radius 3 is 2.00 bits per heavy atom. The van der Waals surface area contributed by atoms with Crippen LogP contribution in [0.15, 0.2) is 133 Å². The van der Waals surface area contributed by atoms with E-state index in [1.807, 2.05) is 0 Å². The minimum atomic E-state index is -0.254. The predicted octanol–water partition coefficient (Wildman–Crippen LogP) is 13.3. The van der Waals surface area contributed by atoms with Crippen molar-refractivity contribution in [3.8, 4) is 44.9 Å². The van der Waals surface area contributed by atoms with Gasteiger partial charge in [-0.05, 0) is 134 Å². The Morgan fingerprint density at radius 2 is 1.20 bits per heavy atom. The van der Waals surface area contributed by atoms with Crippen molar-refractivity contribution in [1.29, 1.82) is 0 Å². The van der Waals surface area contributed by atoms with Crippen LogP contribution in [0, 0.1) is 23.7 Å². The minimum absolute atomic E-state index is 0.0785. The van der Waals surface area contributed by atoms with Gasteiger partial charge in [0.25, 0.3) is 0 Å². The lowest BCUT2D eigenvalue weighted by atomic mass is 9.42. The van der Waals surface area contributed by atoms with Crippen LogP contribution >= 0.6 is 0 Å². The number of fused-ring (bicyclic) bond motifs is 11. The molecule has 0 saturated heterocycles. The molecular formula is C53H42N2. The fraction of sp³-hybridized carbons (Fsp3) is 0.245. The van der Waals surface area contributed by atoms with Crippen molar-refractivity contribution >= 4 is 32.4 Å². The monoisotopic (exact) mass is 706 g/mol. The predicted molar refractivity (Wildman–Crippen MR) is 226 cm³/mol. The second-order valence-corrected chi connectivity index (χ2v) is 18.1. The van der Waals surface area contributed by atoms with E-state index in [1.54, 1.807) is 11.1 Å². The zero-order valence-corrected chi connectivity index (χ0v) is 31.4. The van der Waals surface area contributed by atoms with E-state index in [0.29, 0.717) is 11.8 Å². The highest BCUT2D eigenvalue weighted by molar-refractivity contribution is 6.13. The van der Waals surface area contributed by atoms with Gasteiger partial charge >= 0.3 is 0 Å². The lowest BCUT2D eigenvalue weighted by molar-refractivity contribution is -0.0397. The summed E-state index contributed by atoms with van der Waals surface area (Å²) in [7, 11) is 0. The van der Waals surface area contributed by atoms with Crippen LogP contribution in [0.2, 0.25) is 0 Å². The topological polar surface area (TPSA) is 25.8 Å². The maximum Gasteiger partial charge on any atom is 0.161 e. The Balaban J connectivity index is 1.15. The van der Waals surface area contributed by atoms with Crippen molar-refractivity contribution in [2.24, 2.45) is 23.7 Å². The summed E-state index contributed by atoms with van der Waals surface area (Å²) >= 11 is 0. The van der Waals surface area contributed by atoms with Crippen LogP contribution in [-0.4, -0.2) is 9.97 Å². The van der Waals surface area contributed by atoms with E-state index in [2.05, 4.69) is 147 Å². The first kappa shape index (κ1) is 30.7. The molecule has 0 aliphatic heterocycles. The smallest absolute Gasteiger partial charge is 0.161 e. The molecule has 2 heteroatoms. The van der Waals surface area contributed by atoms with E-state index >= 15 is 0 Å². The molecule has 4 bridgehead atoms. The highest BCUT2D eigenvalue weighted by atomic mass is 14.9. The summed E-state index contributed by atoms with van der Waals surface area (Å²) in [5, 5.41) is 6.00. The van der Waals surface area contributed by atoms with Crippen molar-refractivity contribution in [2.45, 2.75) is 56.8 Å². The highest BCUT2D eigenvalue weighted by Crippen LogP contribution is 2.72. The minimum Gasteiger partial charge on any atom is -0.228 e. The number of hydrogen-bond acceptors (Lipinski definition) is 2. The number of aromatic nitrogens is 2. The molecule has 0 amide bonds. The molecule has 7 aromatic carbocycles. The standard InChI is InChI=1S/C53H42N2/c1-52(2)43-22-21-40-39-18-10-11-19-42(39)53(35-25-30-24-31(27-35)28-36(53)26-30)49(40)45(43)41-29-34-15-7-9-17-38(34)47(48(41)52)51-54-44-23-20-32-12-6-8-16-37(32)46(44)50(55-51)33-13-4-3-5-14-33/h3-23,29-31,35-36H,24-28H2,1-2H3. The molecular weight excluding hydrogens is 665 g/mol. The Labute approximate surface area is 322 Å². The third-order valence-electron chi connectivity index (χ3n) is 15.2. The fourth-order valence-corrected chi connectivity index (χ4v) is 13.4. The van der Waals surface area contributed by atoms with Crippen molar-refractivity contribution in [1.82, 2.24) is 9.97 Å². The Kier molecular flexibility index (Phi) is 5.90. The molecule has 55 heavy (non-hydrogen) atoms. The van der Waals surface area contributed by atoms with E-state index in [1.165, 1.54) is 92.6 Å². The van der Waals surface area contributed by atoms with Gasteiger partial charge in [0.15, 0.2) is 5.82 Å². The van der Waals surface area contributed by atoms with Crippen LogP contribution < -0.4 is 0 Å². The third-order valence-corrected chi connectivity index (χ3v) is 15.2. The summed E-state index contributed by atoms with van der Waals surface area (Å²) in [5.41, 5.74) is 16.1. The first-order valence-corrected chi connectivity index (χ1v) is 20.6. The van der Waals surface area contributed by atoms with Gasteiger partial charge in [0.1, 0.15) is 0 Å². The highest BCUT2D eigenvalue weighted by Gasteiger charge is 2.63. The molecule has 8 aromatic rings. The largest absolute Gasteiger partial charge is 0.228 e. The molecule has 1 heterocycles. The summed E-state index contributed by atoms with van der Waals surface area (Å²) in [6.07, 6.45) is 6.98. The van der Waals surface area contributed by atoms with E-state index < -0.39 is 0 Å². The first-order valence-electron chi connectivity index (χ1n) is 20.6. The van der Waals surface area contributed by atoms with Gasteiger partial charge in [0.05, 0.1) is 11.2 Å². The van der Waals surface area contributed by atoms with Gasteiger partial charge in [0.2, 0.25) is 0 Å². The van der Waals surface area contributed by atoms with Crippen LogP contribution in [0.4, 0.5) is 0 Å². The summed E-state index contributed by atoms with van der Waals surface area (Å²) in [5.74, 6) is 4.04. The van der Waals surface area contributed by atoms with Gasteiger partial charge < -0.3 is 0 Å². The summed E-state index contributed by atoms with van der Waals surface area (Å²) in [4.78, 5) is 11.3. The zero-order valence-electron chi connectivity index (χ0n) is 31.4. The molecule has 1 aromatic heterocycles. The van der Waals surface area contributed by atoms with Crippen molar-refractivity contribution in [3.05, 3.63) is 156 Å². The van der Waals surface area contributed by atoms with Gasteiger partial charge in [-0.2, -0.15) is 0 Å². The van der Waals surface area contributed by atoms with Gasteiger partial charge in [0, 0.05) is 27.3 Å². The van der Waals surface area contributed by atoms with Crippen LogP contribution in [0.1, 0.15) is 68.2 Å². The van der Waals surface area contributed by atoms with Crippen molar-refractivity contribution in [3.63, 3.8) is 0 Å². The molecule has 0 unspecified atom stereocenters. The van der Waals surface area contributed by atoms with Crippen LogP contribution in [-0.2, 0) is 10.8 Å². The molecule has 6 aliphatic carbocycles. The fourth-order valence-electron chi connectivity index (χ4n) is 13.4. The summed E-state index contributed by atoms with van der Waals surface area (Å²) in [6, 6.07) is 50.0. The summed E-state index contributed by atoms with van der Waals surface area (Å²) < 4.78 is 0. The molecule has 0 radical (unpaired) electrons.